The van der Waals surface area contributed by atoms with Crippen LogP contribution in [0.25, 0.3) is 0 Å². The van der Waals surface area contributed by atoms with Crippen LogP contribution in [0, 0.1) is 0 Å². The first-order chi connectivity index (χ1) is 16.6. The molecule has 3 aromatic rings. The molecular weight excluding hydrogens is 436 g/mol. The second kappa shape index (κ2) is 12.9. The molecule has 0 aliphatic rings. The van der Waals surface area contributed by atoms with Gasteiger partial charge in [-0.3, -0.25) is 0 Å². The van der Waals surface area contributed by atoms with Crippen molar-refractivity contribution in [2.24, 2.45) is 0 Å². The van der Waals surface area contributed by atoms with E-state index in [2.05, 4.69) is 6.58 Å². The minimum Gasteiger partial charge on any atom is -0.497 e. The number of esters is 1. The number of hydrogen-bond acceptors (Lipinski definition) is 7. The van der Waals surface area contributed by atoms with Gasteiger partial charge in [-0.05, 0) is 66.2 Å². The van der Waals surface area contributed by atoms with E-state index in [1.165, 1.54) is 6.08 Å². The largest absolute Gasteiger partial charge is 0.497 e. The van der Waals surface area contributed by atoms with E-state index in [1.54, 1.807) is 43.5 Å². The third kappa shape index (κ3) is 7.86. The van der Waals surface area contributed by atoms with Crippen LogP contribution < -0.4 is 18.9 Å². The van der Waals surface area contributed by atoms with Crippen molar-refractivity contribution in [1.29, 1.82) is 0 Å². The molecule has 0 fully saturated rings. The first-order valence-electron chi connectivity index (χ1n) is 10.7. The summed E-state index contributed by atoms with van der Waals surface area (Å²) in [7, 11) is 1.63. The molecule has 0 saturated carbocycles. The van der Waals surface area contributed by atoms with Crippen molar-refractivity contribution in [3.05, 3.63) is 96.6 Å². The van der Waals surface area contributed by atoms with Crippen LogP contribution >= 0.6 is 0 Å². The van der Waals surface area contributed by atoms with Gasteiger partial charge in [0.25, 0.3) is 0 Å². The van der Waals surface area contributed by atoms with Crippen molar-refractivity contribution >= 4 is 5.97 Å². The molecule has 34 heavy (non-hydrogen) atoms. The van der Waals surface area contributed by atoms with Gasteiger partial charge in [0.2, 0.25) is 0 Å². The quantitative estimate of drug-likeness (QED) is 0.296. The third-order valence-electron chi connectivity index (χ3n) is 4.70. The molecule has 0 aliphatic carbocycles. The Morgan fingerprint density at radius 2 is 1.32 bits per heavy atom. The topological polar surface area (TPSA) is 83.5 Å². The number of aliphatic hydroxyl groups excluding tert-OH is 1. The van der Waals surface area contributed by atoms with Crippen molar-refractivity contribution in [2.75, 3.05) is 26.9 Å². The van der Waals surface area contributed by atoms with Gasteiger partial charge in [0.05, 0.1) is 12.7 Å². The Balaban J connectivity index is 1.37. The molecule has 3 rings (SSSR count). The Bertz CT molecular complexity index is 1030. The number of hydrogen-bond donors (Lipinski definition) is 1. The minimum atomic E-state index is -0.830. The van der Waals surface area contributed by atoms with Gasteiger partial charge >= 0.3 is 5.97 Å². The van der Waals surface area contributed by atoms with E-state index in [1.807, 2.05) is 36.4 Å². The van der Waals surface area contributed by atoms with Crippen molar-refractivity contribution in [1.82, 2.24) is 0 Å². The summed E-state index contributed by atoms with van der Waals surface area (Å²) in [5.41, 5.74) is 1.45. The Hall–Kier alpha value is -3.97. The molecule has 3 aromatic carbocycles. The van der Waals surface area contributed by atoms with E-state index >= 15 is 0 Å². The lowest BCUT2D eigenvalue weighted by Crippen LogP contribution is -2.25. The molecule has 0 heterocycles. The van der Waals surface area contributed by atoms with E-state index in [-0.39, 0.29) is 19.8 Å². The van der Waals surface area contributed by atoms with Crippen LogP contribution in [0.1, 0.15) is 15.9 Å². The lowest BCUT2D eigenvalue weighted by atomic mass is 10.2. The fourth-order valence-corrected chi connectivity index (χ4v) is 2.86. The van der Waals surface area contributed by atoms with Gasteiger partial charge in [-0.25, -0.2) is 4.79 Å². The molecule has 178 valence electrons. The molecular formula is C27H28O7. The molecule has 7 nitrogen and oxygen atoms in total. The molecule has 0 aromatic heterocycles. The van der Waals surface area contributed by atoms with E-state index in [0.29, 0.717) is 29.4 Å². The molecule has 0 aliphatic heterocycles. The summed E-state index contributed by atoms with van der Waals surface area (Å²) < 4.78 is 27.1. The highest BCUT2D eigenvalue weighted by Gasteiger charge is 2.09. The molecule has 1 N–H and O–H groups in total. The second-order valence-corrected chi connectivity index (χ2v) is 7.30. The maximum absolute atomic E-state index is 11.8. The zero-order valence-electron chi connectivity index (χ0n) is 19.0. The minimum absolute atomic E-state index is 0.0450. The maximum Gasteiger partial charge on any atom is 0.338 e. The third-order valence-corrected chi connectivity index (χ3v) is 4.70. The van der Waals surface area contributed by atoms with Gasteiger partial charge in [0.15, 0.2) is 0 Å². The first kappa shape index (κ1) is 24.7. The van der Waals surface area contributed by atoms with E-state index < -0.39 is 12.1 Å². The van der Waals surface area contributed by atoms with Gasteiger partial charge in [0.1, 0.15) is 55.5 Å². The Morgan fingerprint density at radius 3 is 1.85 bits per heavy atom. The zero-order chi connectivity index (χ0) is 24.2. The Morgan fingerprint density at radius 1 is 0.824 bits per heavy atom. The van der Waals surface area contributed by atoms with Crippen LogP contribution in [0.3, 0.4) is 0 Å². The lowest BCUT2D eigenvalue weighted by molar-refractivity contribution is 0.0548. The predicted molar refractivity (Wildman–Crippen MR) is 128 cm³/mol. The first-order valence-corrected chi connectivity index (χ1v) is 10.7. The number of carbonyl (C=O) groups excluding carboxylic acids is 1. The normalized spacial score (nSPS) is 11.2. The molecule has 0 spiro atoms. The number of benzene rings is 3. The highest BCUT2D eigenvalue weighted by Crippen LogP contribution is 2.20. The standard InChI is InChI=1S/C27H28O7/c1-3-16-31-27(29)21-6-10-24(11-7-21)33-18-22(28)19-34-26-14-12-25(13-15-26)32-17-20-4-8-23(30-2)9-5-20/h3-15,22,28H,1,16-19H2,2H3. The van der Waals surface area contributed by atoms with Crippen molar-refractivity contribution in [3.8, 4) is 23.0 Å². The van der Waals surface area contributed by atoms with E-state index in [0.717, 1.165) is 11.3 Å². The lowest BCUT2D eigenvalue weighted by Gasteiger charge is -2.14. The monoisotopic (exact) mass is 464 g/mol. The number of rotatable bonds is 13. The van der Waals surface area contributed by atoms with Gasteiger partial charge in [-0.1, -0.05) is 24.8 Å². The van der Waals surface area contributed by atoms with Crippen LogP contribution in [-0.4, -0.2) is 44.1 Å². The summed E-state index contributed by atoms with van der Waals surface area (Å²) in [6.45, 7) is 4.21. The van der Waals surface area contributed by atoms with Crippen LogP contribution in [0.15, 0.2) is 85.5 Å². The highest BCUT2D eigenvalue weighted by molar-refractivity contribution is 5.89. The van der Waals surface area contributed by atoms with E-state index in [4.69, 9.17) is 23.7 Å². The summed E-state index contributed by atoms with van der Waals surface area (Å²) in [6.07, 6.45) is 0.675. The molecule has 1 unspecified atom stereocenters. The van der Waals surface area contributed by atoms with Crippen LogP contribution in [0.2, 0.25) is 0 Å². The Kier molecular flexibility index (Phi) is 9.37. The summed E-state index contributed by atoms with van der Waals surface area (Å²) >= 11 is 0. The summed E-state index contributed by atoms with van der Waals surface area (Å²) in [5.74, 6) is 2.22. The fraction of sp³-hybridized carbons (Fsp3) is 0.222. The SMILES string of the molecule is C=CCOC(=O)c1ccc(OCC(O)COc2ccc(OCc3ccc(OC)cc3)cc2)cc1. The molecule has 0 amide bonds. The summed E-state index contributed by atoms with van der Waals surface area (Å²) in [5, 5.41) is 10.1. The van der Waals surface area contributed by atoms with Gasteiger partial charge < -0.3 is 28.8 Å². The Labute approximate surface area is 199 Å². The molecule has 1 atom stereocenters. The number of methoxy groups -OCH3 is 1. The molecule has 0 bridgehead atoms. The summed E-state index contributed by atoms with van der Waals surface area (Å²) in [4.78, 5) is 11.8. The van der Waals surface area contributed by atoms with Crippen LogP contribution in [-0.2, 0) is 11.3 Å². The van der Waals surface area contributed by atoms with Gasteiger partial charge in [0, 0.05) is 0 Å². The van der Waals surface area contributed by atoms with Gasteiger partial charge in [-0.15, -0.1) is 0 Å². The van der Waals surface area contributed by atoms with Crippen LogP contribution in [0.5, 0.6) is 23.0 Å². The number of carbonyl (C=O) groups is 1. The average Bonchev–Trinajstić information content (AvgIpc) is 2.89. The van der Waals surface area contributed by atoms with Gasteiger partial charge in [-0.2, -0.15) is 0 Å². The average molecular weight is 465 g/mol. The summed E-state index contributed by atoms with van der Waals surface area (Å²) in [6, 6.07) is 21.3. The van der Waals surface area contributed by atoms with Crippen molar-refractivity contribution < 1.29 is 33.6 Å². The molecule has 0 saturated heterocycles. The van der Waals surface area contributed by atoms with E-state index in [9.17, 15) is 9.90 Å². The maximum atomic E-state index is 11.8. The highest BCUT2D eigenvalue weighted by atomic mass is 16.5. The zero-order valence-corrected chi connectivity index (χ0v) is 19.0. The molecule has 0 radical (unpaired) electrons. The number of ether oxygens (including phenoxy) is 5. The van der Waals surface area contributed by atoms with Crippen molar-refractivity contribution in [2.45, 2.75) is 12.7 Å². The number of aliphatic hydroxyl groups is 1. The van der Waals surface area contributed by atoms with Crippen molar-refractivity contribution in [3.63, 3.8) is 0 Å². The predicted octanol–water partition coefficient (Wildman–Crippen LogP) is 4.44. The smallest absolute Gasteiger partial charge is 0.338 e. The fourth-order valence-electron chi connectivity index (χ4n) is 2.86. The second-order valence-electron chi connectivity index (χ2n) is 7.30. The molecule has 7 heteroatoms. The van der Waals surface area contributed by atoms with Crippen LogP contribution in [0.4, 0.5) is 0 Å².